The first-order valence-electron chi connectivity index (χ1n) is 9.92. The lowest BCUT2D eigenvalue weighted by Crippen LogP contribution is -2.52. The largest absolute Gasteiger partial charge is 0.456 e. The van der Waals surface area contributed by atoms with E-state index < -0.39 is 5.97 Å². The summed E-state index contributed by atoms with van der Waals surface area (Å²) in [5.41, 5.74) is 5.41. The molecule has 1 fully saturated rings. The molecule has 1 aliphatic heterocycles. The molecular weight excluding hydrogens is 318 g/mol. The first kappa shape index (κ1) is 22.4. The van der Waals surface area contributed by atoms with Crippen molar-refractivity contribution in [2.75, 3.05) is 20.3 Å². The molecule has 0 aromatic rings. The van der Waals surface area contributed by atoms with Crippen molar-refractivity contribution >= 4 is 5.97 Å². The summed E-state index contributed by atoms with van der Waals surface area (Å²) in [5, 5.41) is 0. The van der Waals surface area contributed by atoms with Crippen LogP contribution in [-0.2, 0) is 19.0 Å². The monoisotopic (exact) mass is 357 g/mol. The Hall–Kier alpha value is -0.650. The molecule has 1 aliphatic rings. The molecule has 5 atom stereocenters. The Morgan fingerprint density at radius 2 is 1.84 bits per heavy atom. The van der Waals surface area contributed by atoms with Crippen LogP contribution in [0.15, 0.2) is 0 Å². The molecule has 0 aromatic carbocycles. The van der Waals surface area contributed by atoms with Crippen molar-refractivity contribution in [2.45, 2.75) is 84.5 Å². The van der Waals surface area contributed by atoms with Gasteiger partial charge in [0, 0.05) is 13.0 Å². The number of esters is 1. The van der Waals surface area contributed by atoms with E-state index in [2.05, 4.69) is 27.7 Å². The third kappa shape index (κ3) is 8.06. The number of hydrogen-bond acceptors (Lipinski definition) is 5. The maximum absolute atomic E-state index is 11.7. The third-order valence-corrected chi connectivity index (χ3v) is 5.19. The fraction of sp³-hybridized carbons (Fsp3) is 0.950. The molecule has 25 heavy (non-hydrogen) atoms. The van der Waals surface area contributed by atoms with Crippen LogP contribution in [0.2, 0.25) is 0 Å². The average Bonchev–Trinajstić information content (AvgIpc) is 2.56. The van der Waals surface area contributed by atoms with Gasteiger partial charge in [-0.05, 0) is 18.3 Å². The fourth-order valence-corrected chi connectivity index (χ4v) is 3.64. The van der Waals surface area contributed by atoms with Crippen LogP contribution in [0.5, 0.6) is 0 Å². The van der Waals surface area contributed by atoms with Crippen molar-refractivity contribution in [1.29, 1.82) is 0 Å². The van der Waals surface area contributed by atoms with Gasteiger partial charge in [-0.15, -0.1) is 0 Å². The molecule has 0 bridgehead atoms. The number of ether oxygens (including phenoxy) is 3. The first-order chi connectivity index (χ1) is 11.9. The minimum absolute atomic E-state index is 0.0977. The summed E-state index contributed by atoms with van der Waals surface area (Å²) in [6, 6.07) is 0. The highest BCUT2D eigenvalue weighted by Gasteiger charge is 2.41. The Labute approximate surface area is 154 Å². The van der Waals surface area contributed by atoms with Crippen LogP contribution in [0, 0.1) is 17.8 Å². The zero-order chi connectivity index (χ0) is 18.8. The molecule has 1 heterocycles. The van der Waals surface area contributed by atoms with Gasteiger partial charge >= 0.3 is 5.97 Å². The van der Waals surface area contributed by atoms with Crippen LogP contribution in [0.3, 0.4) is 0 Å². The van der Waals surface area contributed by atoms with E-state index in [0.29, 0.717) is 6.61 Å². The van der Waals surface area contributed by atoms with Crippen LogP contribution in [0.1, 0.15) is 66.2 Å². The number of methoxy groups -OCH3 is 1. The lowest BCUT2D eigenvalue weighted by Gasteiger charge is -2.40. The average molecular weight is 358 g/mol. The molecule has 0 aliphatic carbocycles. The second-order valence-corrected chi connectivity index (χ2v) is 8.07. The molecule has 5 nitrogen and oxygen atoms in total. The van der Waals surface area contributed by atoms with Gasteiger partial charge in [0.25, 0.3) is 0 Å². The molecule has 5 heteroatoms. The van der Waals surface area contributed by atoms with Crippen molar-refractivity contribution < 1.29 is 19.0 Å². The maximum atomic E-state index is 11.7. The number of carbonyl (C=O) groups is 1. The second kappa shape index (κ2) is 11.9. The van der Waals surface area contributed by atoms with Crippen molar-refractivity contribution in [1.82, 2.24) is 0 Å². The van der Waals surface area contributed by atoms with Gasteiger partial charge < -0.3 is 19.9 Å². The summed E-state index contributed by atoms with van der Waals surface area (Å²) < 4.78 is 17.1. The molecule has 2 N–H and O–H groups in total. The van der Waals surface area contributed by atoms with E-state index in [9.17, 15) is 4.79 Å². The maximum Gasteiger partial charge on any atom is 0.320 e. The van der Waals surface area contributed by atoms with E-state index in [-0.39, 0.29) is 30.8 Å². The molecule has 0 spiro atoms. The second-order valence-electron chi connectivity index (χ2n) is 8.07. The Balaban J connectivity index is 2.46. The van der Waals surface area contributed by atoms with Gasteiger partial charge in [0.2, 0.25) is 0 Å². The van der Waals surface area contributed by atoms with Gasteiger partial charge in [0.1, 0.15) is 6.10 Å². The van der Waals surface area contributed by atoms with Crippen molar-refractivity contribution in [3.05, 3.63) is 0 Å². The molecule has 148 valence electrons. The zero-order valence-electron chi connectivity index (χ0n) is 16.8. The molecule has 0 saturated carbocycles. The lowest BCUT2D eigenvalue weighted by atomic mass is 9.89. The van der Waals surface area contributed by atoms with Crippen LogP contribution in [-0.4, -0.2) is 44.5 Å². The van der Waals surface area contributed by atoms with Crippen LogP contribution >= 0.6 is 0 Å². The number of hydrogen-bond donors (Lipinski definition) is 1. The Morgan fingerprint density at radius 3 is 2.44 bits per heavy atom. The number of carbonyl (C=O) groups excluding carboxylic acids is 1. The molecule has 0 amide bonds. The summed E-state index contributed by atoms with van der Waals surface area (Å²) in [6.07, 6.45) is 6.46. The highest BCUT2D eigenvalue weighted by Crippen LogP contribution is 2.29. The Morgan fingerprint density at radius 1 is 1.16 bits per heavy atom. The topological polar surface area (TPSA) is 70.8 Å². The minimum atomic E-state index is -0.392. The van der Waals surface area contributed by atoms with Gasteiger partial charge in [0.15, 0.2) is 6.10 Å². The summed E-state index contributed by atoms with van der Waals surface area (Å²) in [6.45, 7) is 9.48. The summed E-state index contributed by atoms with van der Waals surface area (Å²) in [5.74, 6) is 1.32. The summed E-state index contributed by atoms with van der Waals surface area (Å²) in [7, 11) is 1.67. The van der Waals surface area contributed by atoms with Gasteiger partial charge in [0.05, 0.1) is 19.3 Å². The summed E-state index contributed by atoms with van der Waals surface area (Å²) >= 11 is 0. The highest BCUT2D eigenvalue weighted by molar-refractivity contribution is 5.71. The zero-order valence-corrected chi connectivity index (χ0v) is 16.8. The van der Waals surface area contributed by atoms with E-state index in [0.717, 1.165) is 24.7 Å². The standard InChI is InChI=1S/C20H39NO4/c1-14(2)8-6-9-15(3)10-7-11-17-20(25-18(22)12-21)19(23-5)16(4)13-24-17/h14-17,19-20H,6-13,21H2,1-5H3/t15?,16-,17-,19-,20+/m0/s1. The number of nitrogens with two attached hydrogens (primary N) is 1. The van der Waals surface area contributed by atoms with Gasteiger partial charge in [-0.3, -0.25) is 4.79 Å². The van der Waals surface area contributed by atoms with Crippen molar-refractivity contribution in [2.24, 2.45) is 23.5 Å². The minimum Gasteiger partial charge on any atom is -0.456 e. The fourth-order valence-electron chi connectivity index (χ4n) is 3.64. The SMILES string of the molecule is CO[C@@H]1[C@H](OC(=O)CN)[C@H](CCCC(C)CCCC(C)C)OC[C@@H]1C. The van der Waals surface area contributed by atoms with E-state index in [1.165, 1.54) is 25.7 Å². The van der Waals surface area contributed by atoms with E-state index >= 15 is 0 Å². The highest BCUT2D eigenvalue weighted by atomic mass is 16.6. The van der Waals surface area contributed by atoms with E-state index in [1.54, 1.807) is 7.11 Å². The predicted octanol–water partition coefficient (Wildman–Crippen LogP) is 3.54. The Kier molecular flexibility index (Phi) is 10.6. The van der Waals surface area contributed by atoms with Crippen LogP contribution in [0.25, 0.3) is 0 Å². The van der Waals surface area contributed by atoms with E-state index in [4.69, 9.17) is 19.9 Å². The first-order valence-corrected chi connectivity index (χ1v) is 9.92. The van der Waals surface area contributed by atoms with Crippen molar-refractivity contribution in [3.63, 3.8) is 0 Å². The number of rotatable bonds is 11. The lowest BCUT2D eigenvalue weighted by molar-refractivity contribution is -0.199. The molecule has 0 radical (unpaired) electrons. The van der Waals surface area contributed by atoms with Gasteiger partial charge in [-0.25, -0.2) is 0 Å². The predicted molar refractivity (Wildman–Crippen MR) is 100 cm³/mol. The molecular formula is C20H39NO4. The summed E-state index contributed by atoms with van der Waals surface area (Å²) in [4.78, 5) is 11.7. The van der Waals surface area contributed by atoms with Crippen LogP contribution in [0.4, 0.5) is 0 Å². The normalized spacial score (nSPS) is 28.1. The van der Waals surface area contributed by atoms with Crippen molar-refractivity contribution in [3.8, 4) is 0 Å². The molecule has 1 rings (SSSR count). The molecule has 1 unspecified atom stereocenters. The molecule has 1 saturated heterocycles. The quantitative estimate of drug-likeness (QED) is 0.573. The smallest absolute Gasteiger partial charge is 0.320 e. The van der Waals surface area contributed by atoms with Crippen LogP contribution < -0.4 is 5.73 Å². The van der Waals surface area contributed by atoms with Gasteiger partial charge in [-0.1, -0.05) is 59.8 Å². The van der Waals surface area contributed by atoms with E-state index in [1.807, 2.05) is 0 Å². The van der Waals surface area contributed by atoms with Gasteiger partial charge in [-0.2, -0.15) is 0 Å². The molecule has 0 aromatic heterocycles. The third-order valence-electron chi connectivity index (χ3n) is 5.19. The Bertz CT molecular complexity index is 375.